The van der Waals surface area contributed by atoms with Crippen molar-refractivity contribution in [3.05, 3.63) is 33.9 Å². The Morgan fingerprint density at radius 1 is 1.50 bits per heavy atom. The number of benzene rings is 1. The molecule has 0 spiro atoms. The number of anilines is 1. The lowest BCUT2D eigenvalue weighted by atomic mass is 9.84. The number of thioether (sulfide) groups is 1. The van der Waals surface area contributed by atoms with Gasteiger partial charge in [-0.05, 0) is 31.6 Å². The number of non-ortho nitro benzene ring substituents is 1. The Labute approximate surface area is 111 Å². The van der Waals surface area contributed by atoms with Gasteiger partial charge in [-0.25, -0.2) is 0 Å². The van der Waals surface area contributed by atoms with E-state index in [-0.39, 0.29) is 10.6 Å². The Kier molecular flexibility index (Phi) is 3.80. The molecule has 4 nitrogen and oxygen atoms in total. The van der Waals surface area contributed by atoms with Gasteiger partial charge in [-0.1, -0.05) is 12.5 Å². The fourth-order valence-corrected chi connectivity index (χ4v) is 3.11. The van der Waals surface area contributed by atoms with Gasteiger partial charge in [-0.2, -0.15) is 11.8 Å². The Balaban J connectivity index is 2.08. The first-order valence-corrected chi connectivity index (χ1v) is 7.33. The van der Waals surface area contributed by atoms with Gasteiger partial charge in [0.1, 0.15) is 0 Å². The fourth-order valence-electron chi connectivity index (χ4n) is 2.19. The van der Waals surface area contributed by atoms with Crippen LogP contribution in [-0.2, 0) is 0 Å². The number of hydrogen-bond acceptors (Lipinski definition) is 4. The minimum absolute atomic E-state index is 0.148. The lowest BCUT2D eigenvalue weighted by Gasteiger charge is -2.40. The van der Waals surface area contributed by atoms with Gasteiger partial charge in [0, 0.05) is 29.1 Å². The molecule has 1 aliphatic rings. The summed E-state index contributed by atoms with van der Waals surface area (Å²) in [7, 11) is 0. The molecule has 1 aromatic carbocycles. The second kappa shape index (κ2) is 5.18. The van der Waals surface area contributed by atoms with Crippen molar-refractivity contribution in [3.8, 4) is 0 Å². The first kappa shape index (κ1) is 13.2. The number of nitro benzene ring substituents is 1. The summed E-state index contributed by atoms with van der Waals surface area (Å²) in [5.74, 6) is 0. The van der Waals surface area contributed by atoms with E-state index in [1.807, 2.05) is 18.7 Å². The zero-order valence-corrected chi connectivity index (χ0v) is 11.5. The summed E-state index contributed by atoms with van der Waals surface area (Å²) in [5.41, 5.74) is 2.08. The van der Waals surface area contributed by atoms with Crippen LogP contribution >= 0.6 is 11.8 Å². The van der Waals surface area contributed by atoms with Crippen LogP contribution in [0, 0.1) is 17.0 Å². The van der Waals surface area contributed by atoms with Crippen LogP contribution < -0.4 is 5.32 Å². The molecule has 1 N–H and O–H groups in total. The van der Waals surface area contributed by atoms with E-state index in [0.717, 1.165) is 17.8 Å². The van der Waals surface area contributed by atoms with Crippen LogP contribution in [0.2, 0.25) is 0 Å². The predicted octanol–water partition coefficient (Wildman–Crippen LogP) is 3.60. The monoisotopic (exact) mass is 266 g/mol. The molecule has 0 radical (unpaired) electrons. The minimum Gasteiger partial charge on any atom is -0.383 e. The fraction of sp³-hybridized carbons (Fsp3) is 0.538. The Morgan fingerprint density at radius 3 is 2.72 bits per heavy atom. The van der Waals surface area contributed by atoms with E-state index in [1.165, 1.54) is 19.3 Å². The van der Waals surface area contributed by atoms with E-state index in [4.69, 9.17) is 0 Å². The van der Waals surface area contributed by atoms with E-state index >= 15 is 0 Å². The highest BCUT2D eigenvalue weighted by molar-refractivity contribution is 8.00. The van der Waals surface area contributed by atoms with Crippen LogP contribution in [0.3, 0.4) is 0 Å². The van der Waals surface area contributed by atoms with E-state index in [0.29, 0.717) is 4.75 Å². The highest BCUT2D eigenvalue weighted by atomic mass is 32.2. The van der Waals surface area contributed by atoms with Crippen LogP contribution in [0.4, 0.5) is 11.4 Å². The smallest absolute Gasteiger partial charge is 0.271 e. The van der Waals surface area contributed by atoms with Gasteiger partial charge in [0.15, 0.2) is 0 Å². The zero-order valence-electron chi connectivity index (χ0n) is 10.7. The summed E-state index contributed by atoms with van der Waals surface area (Å²) < 4.78 is 0.330. The maximum absolute atomic E-state index is 10.8. The van der Waals surface area contributed by atoms with Crippen molar-refractivity contribution >= 4 is 23.1 Å². The van der Waals surface area contributed by atoms with Gasteiger partial charge >= 0.3 is 0 Å². The van der Waals surface area contributed by atoms with Crippen molar-refractivity contribution in [2.24, 2.45) is 0 Å². The second-order valence-corrected chi connectivity index (χ2v) is 6.12. The summed E-state index contributed by atoms with van der Waals surface area (Å²) in [6, 6.07) is 4.98. The van der Waals surface area contributed by atoms with Crippen LogP contribution in [-0.4, -0.2) is 22.5 Å². The molecular formula is C13H18N2O2S. The topological polar surface area (TPSA) is 55.2 Å². The Bertz CT molecular complexity index is 453. The summed E-state index contributed by atoms with van der Waals surface area (Å²) in [5, 5.41) is 14.1. The highest BCUT2D eigenvalue weighted by Gasteiger charge is 2.35. The second-order valence-electron chi connectivity index (χ2n) is 4.85. The molecule has 0 amide bonds. The molecule has 0 unspecified atom stereocenters. The third kappa shape index (κ3) is 2.61. The summed E-state index contributed by atoms with van der Waals surface area (Å²) in [6.45, 7) is 2.86. The van der Waals surface area contributed by atoms with Crippen molar-refractivity contribution in [2.75, 3.05) is 18.1 Å². The first-order chi connectivity index (χ1) is 8.56. The average Bonchev–Trinajstić information content (AvgIpc) is 2.30. The predicted molar refractivity (Wildman–Crippen MR) is 76.4 cm³/mol. The molecule has 0 atom stereocenters. The maximum Gasteiger partial charge on any atom is 0.271 e. The third-order valence-electron chi connectivity index (χ3n) is 3.73. The molecule has 5 heteroatoms. The molecule has 1 saturated carbocycles. The molecule has 1 fully saturated rings. The molecule has 0 aromatic heterocycles. The molecule has 18 heavy (non-hydrogen) atoms. The summed E-state index contributed by atoms with van der Waals surface area (Å²) >= 11 is 1.90. The van der Waals surface area contributed by atoms with Crippen molar-refractivity contribution < 1.29 is 4.92 Å². The number of hydrogen-bond donors (Lipinski definition) is 1. The molecule has 2 rings (SSSR count). The molecule has 98 valence electrons. The quantitative estimate of drug-likeness (QED) is 0.653. The van der Waals surface area contributed by atoms with Crippen LogP contribution in [0.1, 0.15) is 24.8 Å². The Hall–Kier alpha value is -1.23. The lowest BCUT2D eigenvalue weighted by Crippen LogP contribution is -2.40. The van der Waals surface area contributed by atoms with Crippen LogP contribution in [0.25, 0.3) is 0 Å². The number of nitro groups is 1. The van der Waals surface area contributed by atoms with Crippen molar-refractivity contribution in [1.29, 1.82) is 0 Å². The number of aryl methyl sites for hydroxylation is 1. The average molecular weight is 266 g/mol. The Morgan fingerprint density at radius 2 is 2.22 bits per heavy atom. The minimum atomic E-state index is -0.349. The molecule has 0 heterocycles. The van der Waals surface area contributed by atoms with E-state index in [2.05, 4.69) is 11.6 Å². The van der Waals surface area contributed by atoms with Crippen molar-refractivity contribution in [2.45, 2.75) is 30.9 Å². The summed E-state index contributed by atoms with van der Waals surface area (Å²) in [4.78, 5) is 10.4. The number of rotatable bonds is 5. The molecule has 0 bridgehead atoms. The van der Waals surface area contributed by atoms with Gasteiger partial charge < -0.3 is 5.32 Å². The van der Waals surface area contributed by atoms with Gasteiger partial charge in [0.25, 0.3) is 5.69 Å². The van der Waals surface area contributed by atoms with E-state index in [9.17, 15) is 10.1 Å². The van der Waals surface area contributed by atoms with E-state index in [1.54, 1.807) is 18.2 Å². The van der Waals surface area contributed by atoms with Crippen molar-refractivity contribution in [1.82, 2.24) is 0 Å². The van der Waals surface area contributed by atoms with Crippen LogP contribution in [0.5, 0.6) is 0 Å². The van der Waals surface area contributed by atoms with Gasteiger partial charge in [0.05, 0.1) is 4.92 Å². The molecule has 1 aliphatic carbocycles. The number of nitrogens with zero attached hydrogens (tertiary/aromatic N) is 1. The lowest BCUT2D eigenvalue weighted by molar-refractivity contribution is -0.384. The summed E-state index contributed by atoms with van der Waals surface area (Å²) in [6.07, 6.45) is 5.89. The first-order valence-electron chi connectivity index (χ1n) is 6.10. The maximum atomic E-state index is 10.8. The normalized spacial score (nSPS) is 17.0. The zero-order chi connectivity index (χ0) is 13.2. The van der Waals surface area contributed by atoms with Gasteiger partial charge in [-0.15, -0.1) is 0 Å². The van der Waals surface area contributed by atoms with Crippen LogP contribution in [0.15, 0.2) is 18.2 Å². The highest BCUT2D eigenvalue weighted by Crippen LogP contribution is 2.42. The molecule has 0 aliphatic heterocycles. The van der Waals surface area contributed by atoms with Gasteiger partial charge in [0.2, 0.25) is 0 Å². The number of nitrogens with one attached hydrogen (secondary N) is 1. The standard InChI is InChI=1S/C13H18N2O2S/c1-10-4-5-11(15(16)17)8-12(10)14-9-13(18-2)6-3-7-13/h4-5,8,14H,3,6-7,9H2,1-2H3. The molecule has 0 saturated heterocycles. The van der Waals surface area contributed by atoms with Gasteiger partial charge in [-0.3, -0.25) is 10.1 Å². The van der Waals surface area contributed by atoms with E-state index < -0.39 is 0 Å². The SMILES string of the molecule is CSC1(CNc2cc([N+](=O)[O-])ccc2C)CCC1. The largest absolute Gasteiger partial charge is 0.383 e. The molecule has 1 aromatic rings. The van der Waals surface area contributed by atoms with Crippen molar-refractivity contribution in [3.63, 3.8) is 0 Å². The molecular weight excluding hydrogens is 248 g/mol. The third-order valence-corrected chi connectivity index (χ3v) is 5.15.